The summed E-state index contributed by atoms with van der Waals surface area (Å²) in [7, 11) is 0. The Hall–Kier alpha value is -1.20. The molecular weight excluding hydrogens is 226 g/mol. The maximum absolute atomic E-state index is 5.86. The van der Waals surface area contributed by atoms with Crippen molar-refractivity contribution in [2.24, 2.45) is 5.92 Å². The van der Waals surface area contributed by atoms with E-state index in [1.54, 1.807) is 10.6 Å². The lowest BCUT2D eigenvalue weighted by atomic mass is 10.1. The van der Waals surface area contributed by atoms with Crippen molar-refractivity contribution in [3.63, 3.8) is 0 Å². The van der Waals surface area contributed by atoms with Gasteiger partial charge in [0.2, 0.25) is 0 Å². The number of halogens is 1. The molecule has 0 radical (unpaired) electrons. The molecule has 1 N–H and O–H groups in total. The first-order chi connectivity index (χ1) is 7.83. The van der Waals surface area contributed by atoms with Crippen LogP contribution in [-0.2, 0) is 6.42 Å². The van der Waals surface area contributed by atoms with Crippen molar-refractivity contribution in [3.05, 3.63) is 23.1 Å². The molecule has 1 aliphatic heterocycles. The summed E-state index contributed by atoms with van der Waals surface area (Å²) in [4.78, 5) is 0. The van der Waals surface area contributed by atoms with Crippen molar-refractivity contribution in [2.45, 2.75) is 12.8 Å². The number of fused-ring (bicyclic) bond motifs is 1. The lowest BCUT2D eigenvalue weighted by Gasteiger charge is -2.05. The van der Waals surface area contributed by atoms with Crippen molar-refractivity contribution < 1.29 is 0 Å². The molecule has 16 heavy (non-hydrogen) atoms. The number of nitrogens with one attached hydrogen (secondary N) is 1. The summed E-state index contributed by atoms with van der Waals surface area (Å²) in [6, 6.07) is 3.56. The van der Waals surface area contributed by atoms with Crippen LogP contribution in [0.2, 0.25) is 5.15 Å². The van der Waals surface area contributed by atoms with Crippen LogP contribution in [0.5, 0.6) is 0 Å². The molecule has 1 unspecified atom stereocenters. The van der Waals surface area contributed by atoms with E-state index in [9.17, 15) is 0 Å². The Bertz CT molecular complexity index is 503. The van der Waals surface area contributed by atoms with Crippen molar-refractivity contribution >= 4 is 17.2 Å². The summed E-state index contributed by atoms with van der Waals surface area (Å²) in [6.45, 7) is 2.14. The average Bonchev–Trinajstić information content (AvgIpc) is 2.90. The molecular formula is C10H12ClN5. The molecule has 84 valence electrons. The third kappa shape index (κ3) is 1.76. The highest BCUT2D eigenvalue weighted by atomic mass is 35.5. The predicted octanol–water partition coefficient (Wildman–Crippen LogP) is 0.930. The smallest absolute Gasteiger partial charge is 0.178 e. The van der Waals surface area contributed by atoms with Crippen LogP contribution in [0.25, 0.3) is 5.65 Å². The molecule has 0 aromatic carbocycles. The first-order valence-electron chi connectivity index (χ1n) is 5.40. The predicted molar refractivity (Wildman–Crippen MR) is 60.5 cm³/mol. The monoisotopic (exact) mass is 237 g/mol. The SMILES string of the molecule is Clc1ccc2nnc(CC3CCNC3)n2n1. The summed E-state index contributed by atoms with van der Waals surface area (Å²) in [5, 5.41) is 16.3. The minimum Gasteiger partial charge on any atom is -0.316 e. The second-order valence-corrected chi connectivity index (χ2v) is 4.49. The van der Waals surface area contributed by atoms with E-state index in [2.05, 4.69) is 20.6 Å². The van der Waals surface area contributed by atoms with Gasteiger partial charge in [-0.25, -0.2) is 0 Å². The zero-order chi connectivity index (χ0) is 11.0. The van der Waals surface area contributed by atoms with Gasteiger partial charge in [0.1, 0.15) is 5.15 Å². The van der Waals surface area contributed by atoms with E-state index in [0.29, 0.717) is 11.1 Å². The molecule has 0 aliphatic carbocycles. The van der Waals surface area contributed by atoms with E-state index >= 15 is 0 Å². The highest BCUT2D eigenvalue weighted by Gasteiger charge is 2.18. The third-order valence-corrected chi connectivity index (χ3v) is 3.13. The maximum Gasteiger partial charge on any atom is 0.178 e. The van der Waals surface area contributed by atoms with Gasteiger partial charge in [0.25, 0.3) is 0 Å². The van der Waals surface area contributed by atoms with E-state index in [0.717, 1.165) is 31.0 Å². The fourth-order valence-electron chi connectivity index (χ4n) is 2.09. The number of nitrogens with zero attached hydrogens (tertiary/aromatic N) is 4. The van der Waals surface area contributed by atoms with Crippen molar-refractivity contribution in [3.8, 4) is 0 Å². The van der Waals surface area contributed by atoms with Gasteiger partial charge >= 0.3 is 0 Å². The van der Waals surface area contributed by atoms with Crippen LogP contribution in [0.15, 0.2) is 12.1 Å². The molecule has 1 atom stereocenters. The molecule has 1 fully saturated rings. The Morgan fingerprint density at radius 2 is 2.38 bits per heavy atom. The molecule has 2 aromatic heterocycles. The largest absolute Gasteiger partial charge is 0.316 e. The molecule has 0 amide bonds. The van der Waals surface area contributed by atoms with Crippen LogP contribution in [0.3, 0.4) is 0 Å². The van der Waals surface area contributed by atoms with Gasteiger partial charge in [-0.15, -0.1) is 10.2 Å². The molecule has 1 aliphatic rings. The Morgan fingerprint density at radius 3 is 3.19 bits per heavy atom. The number of rotatable bonds is 2. The highest BCUT2D eigenvalue weighted by Crippen LogP contribution is 2.15. The van der Waals surface area contributed by atoms with Gasteiger partial charge in [0.15, 0.2) is 11.5 Å². The molecule has 3 rings (SSSR count). The Kier molecular flexibility index (Phi) is 2.49. The Labute approximate surface area is 97.8 Å². The van der Waals surface area contributed by atoms with Crippen LogP contribution in [-0.4, -0.2) is 32.9 Å². The zero-order valence-corrected chi connectivity index (χ0v) is 9.48. The van der Waals surface area contributed by atoms with Crippen molar-refractivity contribution in [2.75, 3.05) is 13.1 Å². The molecule has 5 nitrogen and oxygen atoms in total. The molecule has 2 aromatic rings. The fourth-order valence-corrected chi connectivity index (χ4v) is 2.22. The van der Waals surface area contributed by atoms with Gasteiger partial charge in [-0.2, -0.15) is 9.61 Å². The van der Waals surface area contributed by atoms with Crippen molar-refractivity contribution in [1.82, 2.24) is 25.1 Å². The summed E-state index contributed by atoms with van der Waals surface area (Å²) in [6.07, 6.45) is 2.09. The first kappa shape index (κ1) is 9.99. The maximum atomic E-state index is 5.86. The van der Waals surface area contributed by atoms with Gasteiger partial charge < -0.3 is 5.32 Å². The molecule has 3 heterocycles. The normalized spacial score (nSPS) is 20.7. The Morgan fingerprint density at radius 1 is 1.44 bits per heavy atom. The van der Waals surface area contributed by atoms with Gasteiger partial charge in [0.05, 0.1) is 0 Å². The second kappa shape index (κ2) is 3.99. The quantitative estimate of drug-likeness (QED) is 0.844. The number of aromatic nitrogens is 4. The standard InChI is InChI=1S/C10H12ClN5/c11-8-1-2-9-13-14-10(16(9)15-8)5-7-3-4-12-6-7/h1-2,7,12H,3-6H2. The minimum atomic E-state index is 0.470. The van der Waals surface area contributed by atoms with E-state index < -0.39 is 0 Å². The zero-order valence-electron chi connectivity index (χ0n) is 8.73. The van der Waals surface area contributed by atoms with Crippen LogP contribution in [0.1, 0.15) is 12.2 Å². The summed E-state index contributed by atoms with van der Waals surface area (Å²) in [5.41, 5.74) is 0.755. The van der Waals surface area contributed by atoms with Crippen LogP contribution in [0, 0.1) is 5.92 Å². The molecule has 0 spiro atoms. The topological polar surface area (TPSA) is 55.1 Å². The molecule has 0 saturated carbocycles. The fraction of sp³-hybridized carbons (Fsp3) is 0.500. The lowest BCUT2D eigenvalue weighted by molar-refractivity contribution is 0.552. The summed E-state index contributed by atoms with van der Waals surface area (Å²) in [5.74, 6) is 1.53. The van der Waals surface area contributed by atoms with Crippen LogP contribution in [0.4, 0.5) is 0 Å². The second-order valence-electron chi connectivity index (χ2n) is 4.11. The van der Waals surface area contributed by atoms with Crippen LogP contribution >= 0.6 is 11.6 Å². The van der Waals surface area contributed by atoms with E-state index in [-0.39, 0.29) is 0 Å². The van der Waals surface area contributed by atoms with E-state index in [4.69, 9.17) is 11.6 Å². The van der Waals surface area contributed by atoms with Gasteiger partial charge in [0, 0.05) is 6.42 Å². The van der Waals surface area contributed by atoms with E-state index in [1.807, 2.05) is 6.07 Å². The number of hydrogen-bond acceptors (Lipinski definition) is 4. The summed E-state index contributed by atoms with van der Waals surface area (Å²) >= 11 is 5.86. The van der Waals surface area contributed by atoms with E-state index in [1.165, 1.54) is 6.42 Å². The van der Waals surface area contributed by atoms with Gasteiger partial charge in [-0.1, -0.05) is 11.6 Å². The molecule has 6 heteroatoms. The lowest BCUT2D eigenvalue weighted by Crippen LogP contribution is -2.12. The average molecular weight is 238 g/mol. The first-order valence-corrected chi connectivity index (χ1v) is 5.78. The summed E-state index contributed by atoms with van der Waals surface area (Å²) < 4.78 is 1.74. The third-order valence-electron chi connectivity index (χ3n) is 2.93. The van der Waals surface area contributed by atoms with Crippen molar-refractivity contribution in [1.29, 1.82) is 0 Å². The van der Waals surface area contributed by atoms with Crippen LogP contribution < -0.4 is 5.32 Å². The Balaban J connectivity index is 1.93. The number of hydrogen-bond donors (Lipinski definition) is 1. The molecule has 1 saturated heterocycles. The van der Waals surface area contributed by atoms with Gasteiger partial charge in [-0.3, -0.25) is 0 Å². The van der Waals surface area contributed by atoms with Gasteiger partial charge in [-0.05, 0) is 37.6 Å². The molecule has 0 bridgehead atoms. The highest BCUT2D eigenvalue weighted by molar-refractivity contribution is 6.29. The minimum absolute atomic E-state index is 0.470.